The molecule has 0 aliphatic rings. The maximum Gasteiger partial charge on any atom is 0.162 e. The van der Waals surface area contributed by atoms with Crippen LogP contribution < -0.4 is 0 Å². The van der Waals surface area contributed by atoms with Crippen LogP contribution in [0.25, 0.3) is 0 Å². The van der Waals surface area contributed by atoms with E-state index < -0.39 is 16.4 Å². The molecule has 0 heterocycles. The van der Waals surface area contributed by atoms with Gasteiger partial charge in [0.2, 0.25) is 0 Å². The van der Waals surface area contributed by atoms with Crippen molar-refractivity contribution in [2.24, 2.45) is 0 Å². The lowest BCUT2D eigenvalue weighted by Crippen LogP contribution is -1.94. The second kappa shape index (κ2) is 4.02. The van der Waals surface area contributed by atoms with E-state index in [-0.39, 0.29) is 15.6 Å². The van der Waals surface area contributed by atoms with Crippen LogP contribution >= 0.6 is 34.8 Å². The van der Waals surface area contributed by atoms with Crippen LogP contribution in [-0.4, -0.2) is 0 Å². The molecule has 14 heavy (non-hydrogen) atoms. The molecule has 0 saturated carbocycles. The molecule has 0 saturated heterocycles. The first-order valence-corrected chi connectivity index (χ1v) is 4.34. The van der Waals surface area contributed by atoms with Gasteiger partial charge in [0.1, 0.15) is 17.7 Å². The summed E-state index contributed by atoms with van der Waals surface area (Å²) in [5, 5.41) is 16.3. The van der Waals surface area contributed by atoms with E-state index in [0.717, 1.165) is 0 Å². The summed E-state index contributed by atoms with van der Waals surface area (Å²) in [4.78, 5) is 0. The molecule has 0 amide bonds. The van der Waals surface area contributed by atoms with E-state index in [1.165, 1.54) is 6.07 Å². The van der Waals surface area contributed by atoms with Crippen molar-refractivity contribution in [3.8, 4) is 12.1 Å². The summed E-state index contributed by atoms with van der Waals surface area (Å²) in [6, 6.07) is 3.08. The quantitative estimate of drug-likeness (QED) is 0.521. The fraction of sp³-hybridized carbons (Fsp3) is 0. The highest BCUT2D eigenvalue weighted by atomic mass is 35.5. The molecule has 1 aromatic carbocycles. The summed E-state index contributed by atoms with van der Waals surface area (Å²) in [6.45, 7) is 0. The minimum absolute atomic E-state index is 0.211. The van der Waals surface area contributed by atoms with Crippen LogP contribution in [0.1, 0.15) is 11.1 Å². The van der Waals surface area contributed by atoms with Gasteiger partial charge in [-0.25, -0.2) is 4.39 Å². The Balaban J connectivity index is 3.79. The maximum atomic E-state index is 13.2. The minimum atomic E-state index is -1.03. The fourth-order valence-corrected chi connectivity index (χ4v) is 1.49. The highest BCUT2D eigenvalue weighted by molar-refractivity contribution is 6.48. The SMILES string of the molecule is N#Cc1c(F)c(Cl)c(Cl)c(Cl)c1C#N. The predicted molar refractivity (Wildman–Crippen MR) is 50.9 cm³/mol. The van der Waals surface area contributed by atoms with Crippen LogP contribution in [0.5, 0.6) is 0 Å². The molecule has 70 valence electrons. The summed E-state index contributed by atoms with van der Waals surface area (Å²) in [5.41, 5.74) is -0.798. The summed E-state index contributed by atoms with van der Waals surface area (Å²) in [7, 11) is 0. The molecule has 0 atom stereocenters. The summed E-state index contributed by atoms with van der Waals surface area (Å²) >= 11 is 16.6. The van der Waals surface area contributed by atoms with Crippen LogP contribution in [0.3, 0.4) is 0 Å². The molecule has 1 rings (SSSR count). The molecule has 6 heteroatoms. The Bertz CT molecular complexity index is 440. The zero-order valence-electron chi connectivity index (χ0n) is 6.41. The molecule has 0 unspecified atom stereocenters. The number of nitriles is 2. The third kappa shape index (κ3) is 1.51. The van der Waals surface area contributed by atoms with Crippen molar-refractivity contribution in [2.75, 3.05) is 0 Å². The molecular formula is C8Cl3FN2. The van der Waals surface area contributed by atoms with E-state index in [1.54, 1.807) is 6.07 Å². The number of hydrogen-bond donors (Lipinski definition) is 0. The summed E-state index contributed by atoms with van der Waals surface area (Å²) in [5.74, 6) is -1.03. The molecule has 0 aromatic heterocycles. The van der Waals surface area contributed by atoms with Crippen molar-refractivity contribution in [1.82, 2.24) is 0 Å². The van der Waals surface area contributed by atoms with E-state index in [2.05, 4.69) is 0 Å². The van der Waals surface area contributed by atoms with Crippen molar-refractivity contribution in [3.05, 3.63) is 32.0 Å². The lowest BCUT2D eigenvalue weighted by atomic mass is 10.1. The monoisotopic (exact) mass is 248 g/mol. The predicted octanol–water partition coefficient (Wildman–Crippen LogP) is 3.53. The van der Waals surface area contributed by atoms with Gasteiger partial charge in [-0.15, -0.1) is 0 Å². The van der Waals surface area contributed by atoms with Gasteiger partial charge in [0.25, 0.3) is 0 Å². The fourth-order valence-electron chi connectivity index (χ4n) is 0.842. The third-order valence-electron chi connectivity index (χ3n) is 1.49. The number of hydrogen-bond acceptors (Lipinski definition) is 2. The molecule has 2 nitrogen and oxygen atoms in total. The van der Waals surface area contributed by atoms with E-state index in [1.807, 2.05) is 0 Å². The van der Waals surface area contributed by atoms with Gasteiger partial charge >= 0.3 is 0 Å². The Morgan fingerprint density at radius 3 is 1.79 bits per heavy atom. The van der Waals surface area contributed by atoms with Gasteiger partial charge in [0.15, 0.2) is 5.82 Å². The van der Waals surface area contributed by atoms with Crippen molar-refractivity contribution < 1.29 is 4.39 Å². The number of nitrogens with zero attached hydrogens (tertiary/aromatic N) is 2. The zero-order chi connectivity index (χ0) is 10.9. The van der Waals surface area contributed by atoms with E-state index in [4.69, 9.17) is 45.3 Å². The lowest BCUT2D eigenvalue weighted by molar-refractivity contribution is 0.624. The van der Waals surface area contributed by atoms with Gasteiger partial charge in [-0.05, 0) is 0 Å². The van der Waals surface area contributed by atoms with Crippen molar-refractivity contribution >= 4 is 34.8 Å². The van der Waals surface area contributed by atoms with Crippen molar-refractivity contribution in [1.29, 1.82) is 10.5 Å². The van der Waals surface area contributed by atoms with Gasteiger partial charge in [-0.2, -0.15) is 10.5 Å². The molecule has 0 aliphatic carbocycles. The van der Waals surface area contributed by atoms with Gasteiger partial charge in [0.05, 0.1) is 20.6 Å². The number of halogens is 4. The smallest absolute Gasteiger partial charge is 0.162 e. The Labute approximate surface area is 94.0 Å². The Morgan fingerprint density at radius 2 is 1.36 bits per heavy atom. The summed E-state index contributed by atoms with van der Waals surface area (Å²) < 4.78 is 13.2. The van der Waals surface area contributed by atoms with Crippen LogP contribution in [0, 0.1) is 28.5 Å². The highest BCUT2D eigenvalue weighted by Gasteiger charge is 2.21. The third-order valence-corrected chi connectivity index (χ3v) is 2.80. The Morgan fingerprint density at radius 1 is 0.857 bits per heavy atom. The molecule has 0 spiro atoms. The first-order valence-electron chi connectivity index (χ1n) is 3.20. The van der Waals surface area contributed by atoms with E-state index in [0.29, 0.717) is 0 Å². The van der Waals surface area contributed by atoms with Crippen molar-refractivity contribution in [2.45, 2.75) is 0 Å². The first-order chi connectivity index (χ1) is 6.54. The van der Waals surface area contributed by atoms with Gasteiger partial charge in [-0.3, -0.25) is 0 Å². The van der Waals surface area contributed by atoms with E-state index in [9.17, 15) is 4.39 Å². The number of rotatable bonds is 0. The molecule has 1 aromatic rings. The average Bonchev–Trinajstić information content (AvgIpc) is 2.20. The molecule has 0 fully saturated rings. The zero-order valence-corrected chi connectivity index (χ0v) is 8.67. The Kier molecular flexibility index (Phi) is 3.18. The molecule has 0 bridgehead atoms. The normalized spacial score (nSPS) is 9.29. The van der Waals surface area contributed by atoms with Crippen molar-refractivity contribution in [3.63, 3.8) is 0 Å². The van der Waals surface area contributed by atoms with Crippen LogP contribution in [0.2, 0.25) is 15.1 Å². The maximum absolute atomic E-state index is 13.2. The summed E-state index contributed by atoms with van der Waals surface area (Å²) in [6.07, 6.45) is 0. The number of benzene rings is 1. The molecule has 0 radical (unpaired) electrons. The second-order valence-corrected chi connectivity index (χ2v) is 3.36. The van der Waals surface area contributed by atoms with Crippen LogP contribution in [0.4, 0.5) is 4.39 Å². The molecule has 0 N–H and O–H groups in total. The van der Waals surface area contributed by atoms with Gasteiger partial charge < -0.3 is 0 Å². The highest BCUT2D eigenvalue weighted by Crippen LogP contribution is 2.37. The minimum Gasteiger partial charge on any atom is -0.204 e. The average molecular weight is 249 g/mol. The largest absolute Gasteiger partial charge is 0.204 e. The van der Waals surface area contributed by atoms with E-state index >= 15 is 0 Å². The van der Waals surface area contributed by atoms with Crippen LogP contribution in [-0.2, 0) is 0 Å². The standard InChI is InChI=1S/C8Cl3FN2/c9-5-3(1-13)4(2-14)8(12)7(11)6(5)10. The second-order valence-electron chi connectivity index (χ2n) is 2.23. The van der Waals surface area contributed by atoms with Crippen LogP contribution in [0.15, 0.2) is 0 Å². The first kappa shape index (κ1) is 11.1. The van der Waals surface area contributed by atoms with Gasteiger partial charge in [-0.1, -0.05) is 34.8 Å². The molecular weight excluding hydrogens is 249 g/mol. The Hall–Kier alpha value is -1.00. The molecule has 0 aliphatic heterocycles. The lowest BCUT2D eigenvalue weighted by Gasteiger charge is -2.04. The van der Waals surface area contributed by atoms with Gasteiger partial charge in [0, 0.05) is 0 Å². The topological polar surface area (TPSA) is 47.6 Å².